The van der Waals surface area contributed by atoms with E-state index >= 15 is 0 Å². The fraction of sp³-hybridized carbons (Fsp3) is 0.375. The minimum absolute atomic E-state index is 0.0892. The number of rotatable bonds is 9. The normalized spacial score (nSPS) is 19.4. The first-order valence-corrected chi connectivity index (χ1v) is 14.1. The Morgan fingerprint density at radius 2 is 1.88 bits per heavy atom. The Hall–Kier alpha value is -4.24. The highest BCUT2D eigenvalue weighted by Crippen LogP contribution is 2.35. The Kier molecular flexibility index (Phi) is 8.35. The second-order valence-electron chi connectivity index (χ2n) is 11.0. The van der Waals surface area contributed by atoms with Crippen LogP contribution >= 0.6 is 0 Å². The number of amides is 2. The van der Waals surface area contributed by atoms with Gasteiger partial charge in [0, 0.05) is 52.0 Å². The number of ether oxygens (including phenoxy) is 1. The Morgan fingerprint density at radius 1 is 1.12 bits per heavy atom. The molecule has 0 saturated carbocycles. The van der Waals surface area contributed by atoms with Crippen LogP contribution in [0.5, 0.6) is 5.75 Å². The number of pyridine rings is 1. The molecule has 9 nitrogen and oxygen atoms in total. The molecule has 2 amide bonds. The molecule has 3 heterocycles. The van der Waals surface area contributed by atoms with Crippen molar-refractivity contribution in [1.82, 2.24) is 25.4 Å². The Labute approximate surface area is 241 Å². The number of nitrogens with zero attached hydrogens (tertiary/aromatic N) is 3. The second kappa shape index (κ2) is 12.1. The highest BCUT2D eigenvalue weighted by atomic mass is 16.5. The van der Waals surface area contributed by atoms with Crippen LogP contribution in [0.2, 0.25) is 0 Å². The van der Waals surface area contributed by atoms with Gasteiger partial charge in [-0.05, 0) is 83.8 Å². The van der Waals surface area contributed by atoms with Gasteiger partial charge >= 0.3 is 0 Å². The summed E-state index contributed by atoms with van der Waals surface area (Å²) in [5.74, 6) is 1.10. The van der Waals surface area contributed by atoms with E-state index in [0.717, 1.165) is 53.0 Å². The molecule has 2 aromatic carbocycles. The van der Waals surface area contributed by atoms with Crippen molar-refractivity contribution >= 4 is 17.8 Å². The number of benzene rings is 2. The summed E-state index contributed by atoms with van der Waals surface area (Å²) in [7, 11) is 1.66. The molecule has 3 aromatic rings. The third kappa shape index (κ3) is 6.10. The van der Waals surface area contributed by atoms with E-state index in [1.54, 1.807) is 31.3 Å². The second-order valence-corrected chi connectivity index (χ2v) is 11.0. The number of hydrogen-bond donors (Lipinski definition) is 3. The van der Waals surface area contributed by atoms with Crippen molar-refractivity contribution in [2.24, 2.45) is 5.92 Å². The third-order valence-corrected chi connectivity index (χ3v) is 8.27. The lowest BCUT2D eigenvalue weighted by atomic mass is 9.88. The maximum atomic E-state index is 13.8. The molecule has 0 aliphatic carbocycles. The Morgan fingerprint density at radius 3 is 2.59 bits per heavy atom. The van der Waals surface area contributed by atoms with Crippen molar-refractivity contribution in [3.8, 4) is 16.9 Å². The smallest absolute Gasteiger partial charge is 0.259 e. The molecule has 1 unspecified atom stereocenters. The molecule has 2 saturated heterocycles. The highest BCUT2D eigenvalue weighted by molar-refractivity contribution is 6.08. The van der Waals surface area contributed by atoms with Gasteiger partial charge in [0.1, 0.15) is 11.3 Å². The van der Waals surface area contributed by atoms with E-state index in [4.69, 9.17) is 10.1 Å². The summed E-state index contributed by atoms with van der Waals surface area (Å²) in [5, 5.41) is 15.3. The topological polar surface area (TPSA) is 111 Å². The first kappa shape index (κ1) is 28.3. The van der Waals surface area contributed by atoms with Gasteiger partial charge in [0.05, 0.1) is 7.11 Å². The molecule has 2 aliphatic rings. The first-order valence-electron chi connectivity index (χ1n) is 14.1. The van der Waals surface area contributed by atoms with Crippen LogP contribution in [0.3, 0.4) is 0 Å². The van der Waals surface area contributed by atoms with Crippen molar-refractivity contribution in [2.45, 2.75) is 45.3 Å². The summed E-state index contributed by atoms with van der Waals surface area (Å²) in [6.07, 6.45) is 5.24. The van der Waals surface area contributed by atoms with E-state index in [2.05, 4.69) is 21.7 Å². The molecule has 0 radical (unpaired) electrons. The van der Waals surface area contributed by atoms with Crippen LogP contribution in [-0.2, 0) is 28.2 Å². The molecular weight excluding hydrogens is 516 g/mol. The lowest BCUT2D eigenvalue weighted by molar-refractivity contribution is -0.133. The summed E-state index contributed by atoms with van der Waals surface area (Å²) in [4.78, 5) is 33.0. The van der Waals surface area contributed by atoms with E-state index in [9.17, 15) is 9.59 Å². The van der Waals surface area contributed by atoms with Crippen molar-refractivity contribution < 1.29 is 14.3 Å². The van der Waals surface area contributed by atoms with Gasteiger partial charge in [0.25, 0.3) is 5.91 Å². The number of likely N-dealkylation sites (tertiary alicyclic amines) is 1. The summed E-state index contributed by atoms with van der Waals surface area (Å²) in [6.45, 7) is 6.69. The average molecular weight is 555 g/mol. The molecular formula is C32H38N6O3. The van der Waals surface area contributed by atoms with Gasteiger partial charge in [-0.15, -0.1) is 0 Å². The zero-order valence-electron chi connectivity index (χ0n) is 23.9. The predicted octanol–water partition coefficient (Wildman–Crippen LogP) is 3.89. The number of piperidine rings is 1. The Bertz CT molecular complexity index is 1420. The standard InChI is InChI=1S/C32H38N6O3/c1-22(39)37-15-11-24(12-16-37)21-38-30(40)32(2,36-31(38)33)27-6-4-5-25(17-27)29-18-28(41-3)8-7-26(29)20-35-19-23-9-13-34-14-10-23/h4-10,13-14,17-18,24,35H,11-12,15-16,19-21H2,1-3H3,(H2,33,36). The number of guanidine groups is 1. The van der Waals surface area contributed by atoms with Crippen LogP contribution < -0.4 is 15.4 Å². The molecule has 2 fully saturated rings. The van der Waals surface area contributed by atoms with Gasteiger partial charge < -0.3 is 20.3 Å². The van der Waals surface area contributed by atoms with E-state index in [0.29, 0.717) is 26.2 Å². The molecule has 2 aliphatic heterocycles. The monoisotopic (exact) mass is 554 g/mol. The van der Waals surface area contributed by atoms with E-state index in [1.807, 2.05) is 60.4 Å². The number of nitrogens with one attached hydrogen (secondary N) is 3. The predicted molar refractivity (Wildman–Crippen MR) is 158 cm³/mol. The van der Waals surface area contributed by atoms with Gasteiger partial charge in [-0.25, -0.2) is 0 Å². The van der Waals surface area contributed by atoms with Crippen molar-refractivity contribution in [3.63, 3.8) is 0 Å². The fourth-order valence-corrected chi connectivity index (χ4v) is 5.73. The van der Waals surface area contributed by atoms with Gasteiger partial charge in [-0.3, -0.25) is 24.9 Å². The van der Waals surface area contributed by atoms with E-state index in [-0.39, 0.29) is 23.7 Å². The SMILES string of the molecule is COc1ccc(CNCc2ccncc2)c(-c2cccc(C3(C)NC(=N)N(CC4CCN(C(C)=O)CC4)C3=O)c2)c1. The first-order chi connectivity index (χ1) is 19.8. The molecule has 9 heteroatoms. The van der Waals surface area contributed by atoms with Crippen LogP contribution in [0.1, 0.15) is 43.4 Å². The van der Waals surface area contributed by atoms with E-state index in [1.165, 1.54) is 0 Å². The minimum atomic E-state index is -1.05. The lowest BCUT2D eigenvalue weighted by Gasteiger charge is -2.33. The van der Waals surface area contributed by atoms with Crippen LogP contribution in [0.15, 0.2) is 67.0 Å². The number of aromatic nitrogens is 1. The maximum Gasteiger partial charge on any atom is 0.259 e. The molecule has 0 spiro atoms. The Balaban J connectivity index is 1.35. The van der Waals surface area contributed by atoms with Gasteiger partial charge in [-0.2, -0.15) is 0 Å². The largest absolute Gasteiger partial charge is 0.497 e. The van der Waals surface area contributed by atoms with Crippen LogP contribution in [-0.4, -0.2) is 59.3 Å². The summed E-state index contributed by atoms with van der Waals surface area (Å²) >= 11 is 0. The van der Waals surface area contributed by atoms with Gasteiger partial charge in [0.2, 0.25) is 5.91 Å². The van der Waals surface area contributed by atoms with Gasteiger partial charge in [0.15, 0.2) is 5.96 Å². The van der Waals surface area contributed by atoms with Crippen molar-refractivity contribution in [1.29, 1.82) is 5.41 Å². The van der Waals surface area contributed by atoms with Crippen molar-refractivity contribution in [2.75, 3.05) is 26.7 Å². The number of methoxy groups -OCH3 is 1. The van der Waals surface area contributed by atoms with Crippen molar-refractivity contribution in [3.05, 3.63) is 83.7 Å². The highest BCUT2D eigenvalue weighted by Gasteiger charge is 2.47. The molecule has 3 N–H and O–H groups in total. The zero-order valence-corrected chi connectivity index (χ0v) is 23.9. The summed E-state index contributed by atoms with van der Waals surface area (Å²) < 4.78 is 5.54. The average Bonchev–Trinajstić information content (AvgIpc) is 3.21. The third-order valence-electron chi connectivity index (χ3n) is 8.27. The number of hydrogen-bond acceptors (Lipinski definition) is 6. The molecule has 1 aromatic heterocycles. The van der Waals surface area contributed by atoms with E-state index < -0.39 is 5.54 Å². The minimum Gasteiger partial charge on any atom is -0.497 e. The number of carbonyl (C=O) groups excluding carboxylic acids is 2. The molecule has 5 rings (SSSR count). The van der Waals surface area contributed by atoms with Crippen LogP contribution in [0.25, 0.3) is 11.1 Å². The summed E-state index contributed by atoms with van der Waals surface area (Å²) in [6, 6.07) is 18.0. The quantitative estimate of drug-likeness (QED) is 0.370. The lowest BCUT2D eigenvalue weighted by Crippen LogP contribution is -2.43. The molecule has 1 atom stereocenters. The van der Waals surface area contributed by atoms with Crippen LogP contribution in [0.4, 0.5) is 0 Å². The fourth-order valence-electron chi connectivity index (χ4n) is 5.73. The maximum absolute atomic E-state index is 13.8. The molecule has 214 valence electrons. The van der Waals surface area contributed by atoms with Gasteiger partial charge in [-0.1, -0.05) is 24.3 Å². The van der Waals surface area contributed by atoms with Crippen LogP contribution in [0, 0.1) is 11.3 Å². The molecule has 41 heavy (non-hydrogen) atoms. The number of carbonyl (C=O) groups is 2. The molecule has 0 bridgehead atoms. The summed E-state index contributed by atoms with van der Waals surface area (Å²) in [5.41, 5.74) is 4.01. The zero-order chi connectivity index (χ0) is 29.0.